The first kappa shape index (κ1) is 71.0. The van der Waals surface area contributed by atoms with Crippen molar-refractivity contribution in [3.8, 4) is 0 Å². The lowest BCUT2D eigenvalue weighted by Gasteiger charge is -2.43. The number of β-amino-alcohol motifs (C(OH)–C–C–N with tert-alkyl or cyclic N) is 1. The molecule has 0 aliphatic carbocycles. The molecule has 4 aliphatic heterocycles. The van der Waals surface area contributed by atoms with Gasteiger partial charge in [-0.3, -0.25) is 58.1 Å². The van der Waals surface area contributed by atoms with E-state index in [2.05, 4.69) is 41.6 Å². The molecule has 504 valence electrons. The number of carboxylic acid groups (broad SMARTS) is 1. The van der Waals surface area contributed by atoms with Gasteiger partial charge in [-0.1, -0.05) is 54.6 Å². The van der Waals surface area contributed by atoms with E-state index in [4.69, 9.17) is 40.1 Å². The molecule has 0 radical (unpaired) electrons. The lowest BCUT2D eigenvalue weighted by molar-refractivity contribution is -0.154. The van der Waals surface area contributed by atoms with E-state index in [0.29, 0.717) is 34.4 Å². The minimum absolute atomic E-state index is 0.00575. The van der Waals surface area contributed by atoms with Gasteiger partial charge in [0.15, 0.2) is 17.9 Å². The summed E-state index contributed by atoms with van der Waals surface area (Å²) < 4.78 is 0. The van der Waals surface area contributed by atoms with Crippen LogP contribution in [0.4, 0.5) is 0 Å². The molecule has 4 aliphatic rings. The molecule has 0 bridgehead atoms. The number of nitrogens with zero attached hydrogens (tertiary/aromatic N) is 7. The number of thiophene rings is 1. The molecule has 0 unspecified atom stereocenters. The molecule has 0 spiro atoms. The fourth-order valence-electron chi connectivity index (χ4n) is 11.9. The van der Waals surface area contributed by atoms with Crippen LogP contribution in [0.25, 0.3) is 0 Å². The Hall–Kier alpha value is -9.47. The molecular weight excluding hydrogens is 1230 g/mol. The second-order valence-corrected chi connectivity index (χ2v) is 24.3. The van der Waals surface area contributed by atoms with Crippen molar-refractivity contribution in [1.29, 1.82) is 0 Å². The number of carbonyl (C=O) groups excluding carboxylic acids is 9. The van der Waals surface area contributed by atoms with E-state index >= 15 is 4.79 Å². The van der Waals surface area contributed by atoms with E-state index in [1.54, 1.807) is 66.0 Å². The van der Waals surface area contributed by atoms with Gasteiger partial charge in [0.05, 0.1) is 25.3 Å². The van der Waals surface area contributed by atoms with Crippen LogP contribution in [-0.4, -0.2) is 218 Å². The number of guanidine groups is 3. The molecule has 32 nitrogen and oxygen atoms in total. The maximum atomic E-state index is 15.3. The van der Waals surface area contributed by atoms with E-state index in [1.807, 2.05) is 0 Å². The Balaban J connectivity index is 1.03. The lowest BCUT2D eigenvalue weighted by Crippen LogP contribution is -2.63. The first-order chi connectivity index (χ1) is 44.4. The summed E-state index contributed by atoms with van der Waals surface area (Å²) in [5.74, 6) is -8.60. The first-order valence-electron chi connectivity index (χ1n) is 30.7. The summed E-state index contributed by atoms with van der Waals surface area (Å²) >= 11 is 1.26. The number of likely N-dealkylation sites (tertiary alicyclic amines) is 2. The maximum absolute atomic E-state index is 15.3. The van der Waals surface area contributed by atoms with Gasteiger partial charge in [-0.05, 0) is 85.1 Å². The average molecular weight is 1310 g/mol. The SMILES string of the molecule is NC(N)=NCCC[C@@H](N)C(=O)N[C@@H](CCCN=C(N)N)C(=O)N1CCC[C@H]1C(=O)N1C[C@@H](O)C[C@H]1C(=O)NCC(=O)N[C@@H](Cc1cccs1)C(=O)N[C@@H](CO)C(=O)N1Cc2ccccc2C[C@@H]1C(=O)N1Cc2ccccc2C[C@H]1C(=O)N[C@@H](CCCN=C(N)N)C(=O)O. The van der Waals surface area contributed by atoms with E-state index < -0.39 is 133 Å². The molecule has 2 aromatic carbocycles. The largest absolute Gasteiger partial charge is 0.480 e. The fraction of sp³-hybridized carbons (Fsp3) is 0.517. The predicted octanol–water partition coefficient (Wildman–Crippen LogP) is -5.23. The number of nitrogens with two attached hydrogens (primary N) is 7. The van der Waals surface area contributed by atoms with Crippen LogP contribution < -0.4 is 66.7 Å². The van der Waals surface area contributed by atoms with E-state index in [9.17, 15) is 58.5 Å². The third-order valence-electron chi connectivity index (χ3n) is 16.6. The van der Waals surface area contributed by atoms with E-state index in [1.165, 1.54) is 26.0 Å². The summed E-state index contributed by atoms with van der Waals surface area (Å²) in [5.41, 5.74) is 41.7. The van der Waals surface area contributed by atoms with Crippen molar-refractivity contribution >= 4 is 88.3 Å². The standard InChI is InChI=1S/C60H85N19O13S/c61-39(15-5-19-68-58(62)63)49(83)73-40(16-6-20-69-59(64)65)53(87)76-22-8-18-44(76)55(89)79-31-37(81)26-46(79)51(85)71-28-48(82)72-42(27-38-14-9-23-93-38)50(84)75-43(32-80)54(88)78-30-36-13-4-2-11-34(36)25-47(78)56(90)77-29-35-12-3-1-10-33(35)24-45(77)52(86)74-41(57(91)92)17-7-21-70-60(66)67/h1-4,9-14,23,37,39-47,80-81H,5-8,15-22,24-32,61H2,(H,71,85)(H,72,82)(H,73,83)(H,74,86)(H,75,84)(H,91,92)(H4,62,63,68)(H4,64,65,69)(H4,66,67,70)/t37-,39+,40-,41-,42-,43-,44-,45-,46-,47+/m0/s1. The summed E-state index contributed by atoms with van der Waals surface area (Å²) in [6, 6.07) is 6.01. The third-order valence-corrected chi connectivity index (χ3v) is 17.5. The zero-order valence-electron chi connectivity index (χ0n) is 51.5. The number of aliphatic hydroxyl groups is 2. The number of hydrogen-bond donors (Lipinski definition) is 15. The number of rotatable bonds is 30. The second-order valence-electron chi connectivity index (χ2n) is 23.3. The number of carboxylic acids is 1. The quantitative estimate of drug-likeness (QED) is 0.0168. The van der Waals surface area contributed by atoms with Gasteiger partial charge >= 0.3 is 5.97 Å². The molecular formula is C60H85N19O13S. The zero-order valence-corrected chi connectivity index (χ0v) is 52.3. The van der Waals surface area contributed by atoms with Crippen LogP contribution in [0.3, 0.4) is 0 Å². The van der Waals surface area contributed by atoms with Crippen molar-refractivity contribution in [2.45, 2.75) is 151 Å². The van der Waals surface area contributed by atoms with Gasteiger partial charge in [-0.2, -0.15) is 0 Å². The molecule has 7 rings (SSSR count). The number of hydrogen-bond acceptors (Lipinski definition) is 17. The fourth-order valence-corrected chi connectivity index (χ4v) is 12.6. The van der Waals surface area contributed by atoms with Crippen molar-refractivity contribution in [3.63, 3.8) is 0 Å². The highest BCUT2D eigenvalue weighted by Gasteiger charge is 2.47. The van der Waals surface area contributed by atoms with Crippen molar-refractivity contribution in [2.75, 3.05) is 45.9 Å². The Morgan fingerprint density at radius 3 is 1.71 bits per heavy atom. The number of aliphatic hydroxyl groups excluding tert-OH is 2. The Kier molecular flexibility index (Phi) is 25.7. The summed E-state index contributed by atoms with van der Waals surface area (Å²) in [7, 11) is 0. The highest BCUT2D eigenvalue weighted by atomic mass is 32.1. The van der Waals surface area contributed by atoms with Crippen LogP contribution in [0.5, 0.6) is 0 Å². The first-order valence-corrected chi connectivity index (χ1v) is 31.6. The maximum Gasteiger partial charge on any atom is 0.326 e. The summed E-state index contributed by atoms with van der Waals surface area (Å²) in [5, 5.41) is 46.6. The molecule has 33 heteroatoms. The van der Waals surface area contributed by atoms with Crippen LogP contribution in [0.2, 0.25) is 0 Å². The number of aliphatic imine (C=N–C) groups is 3. The van der Waals surface area contributed by atoms with E-state index in [0.717, 1.165) is 10.5 Å². The van der Waals surface area contributed by atoms with Gasteiger partial charge in [-0.25, -0.2) is 4.79 Å². The predicted molar refractivity (Wildman–Crippen MR) is 341 cm³/mol. The second kappa shape index (κ2) is 33.7. The molecule has 0 saturated carbocycles. The van der Waals surface area contributed by atoms with Crippen molar-refractivity contribution in [3.05, 3.63) is 93.2 Å². The van der Waals surface area contributed by atoms with Gasteiger partial charge in [0.2, 0.25) is 53.2 Å². The summed E-state index contributed by atoms with van der Waals surface area (Å²) in [6.45, 7) is -1.66. The molecule has 1 aromatic heterocycles. The van der Waals surface area contributed by atoms with Crippen molar-refractivity contribution in [1.82, 2.24) is 46.2 Å². The Morgan fingerprint density at radius 1 is 0.581 bits per heavy atom. The lowest BCUT2D eigenvalue weighted by atomic mass is 9.89. The number of amides is 9. The zero-order chi connectivity index (χ0) is 67.5. The van der Waals surface area contributed by atoms with Crippen LogP contribution in [0.15, 0.2) is 81.0 Å². The monoisotopic (exact) mass is 1310 g/mol. The molecule has 10 atom stereocenters. The number of aliphatic carboxylic acids is 1. The highest BCUT2D eigenvalue weighted by molar-refractivity contribution is 7.09. The van der Waals surface area contributed by atoms with Gasteiger partial charge in [0, 0.05) is 76.4 Å². The highest BCUT2D eigenvalue weighted by Crippen LogP contribution is 2.31. The van der Waals surface area contributed by atoms with Gasteiger partial charge in [-0.15, -0.1) is 11.3 Å². The number of carbonyl (C=O) groups is 10. The Labute approximate surface area is 540 Å². The molecule has 93 heavy (non-hydrogen) atoms. The van der Waals surface area contributed by atoms with Gasteiger partial charge in [0.1, 0.15) is 48.3 Å². The molecule has 22 N–H and O–H groups in total. The van der Waals surface area contributed by atoms with E-state index in [-0.39, 0.29) is 128 Å². The van der Waals surface area contributed by atoms with Crippen LogP contribution >= 0.6 is 11.3 Å². The minimum atomic E-state index is -1.70. The Bertz CT molecular complexity index is 3270. The normalized spacial score (nSPS) is 19.8. The van der Waals surface area contributed by atoms with Gasteiger partial charge in [0.25, 0.3) is 0 Å². The number of benzene rings is 2. The molecule has 3 aromatic rings. The molecule has 2 fully saturated rings. The van der Waals surface area contributed by atoms with Crippen molar-refractivity contribution < 1.29 is 63.3 Å². The molecule has 9 amide bonds. The van der Waals surface area contributed by atoms with Gasteiger partial charge < -0.3 is 102 Å². The van der Waals surface area contributed by atoms with Crippen LogP contribution in [0, 0.1) is 0 Å². The third kappa shape index (κ3) is 19.5. The van der Waals surface area contributed by atoms with Crippen molar-refractivity contribution in [2.24, 2.45) is 55.1 Å². The number of nitrogens with one attached hydrogen (secondary N) is 5. The average Bonchev–Trinajstić information content (AvgIpc) is 0.869. The minimum Gasteiger partial charge on any atom is -0.480 e. The summed E-state index contributed by atoms with van der Waals surface area (Å²) in [4.78, 5) is 159. The topological polar surface area (TPSA) is 524 Å². The van der Waals surface area contributed by atoms with Crippen LogP contribution in [-0.2, 0) is 80.3 Å². The Morgan fingerprint density at radius 2 is 1.13 bits per heavy atom. The smallest absolute Gasteiger partial charge is 0.326 e. The van der Waals surface area contributed by atoms with Crippen LogP contribution in [0.1, 0.15) is 84.9 Å². The molecule has 2 saturated heterocycles. The number of fused-ring (bicyclic) bond motifs is 2. The molecule has 5 heterocycles. The summed E-state index contributed by atoms with van der Waals surface area (Å²) in [6.07, 6.45) is 0.0689.